The number of carbonyl (C=O) groups excluding carboxylic acids is 2. The van der Waals surface area contributed by atoms with Crippen LogP contribution in [-0.2, 0) is 31.9 Å². The van der Waals surface area contributed by atoms with Crippen molar-refractivity contribution in [2.75, 3.05) is 79.9 Å². The number of benzene rings is 2. The lowest BCUT2D eigenvalue weighted by atomic mass is 9.83. The molecule has 2 aromatic carbocycles. The Morgan fingerprint density at radius 2 is 1.40 bits per heavy atom. The maximum Gasteiger partial charge on any atom is 0.225 e. The molecule has 1 saturated carbocycles. The fourth-order valence-corrected chi connectivity index (χ4v) is 8.34. The minimum absolute atomic E-state index is 0.00712. The van der Waals surface area contributed by atoms with Crippen molar-refractivity contribution in [2.24, 2.45) is 22.0 Å². The van der Waals surface area contributed by atoms with Crippen molar-refractivity contribution in [3.8, 4) is 0 Å². The molecule has 3 fully saturated rings. The van der Waals surface area contributed by atoms with Crippen LogP contribution in [0.2, 0.25) is 0 Å². The molecule has 2 aliphatic heterocycles. The Labute approximate surface area is 287 Å². The summed E-state index contributed by atoms with van der Waals surface area (Å²) in [7, 11) is 0. The number of rotatable bonds is 14. The third kappa shape index (κ3) is 11.5. The number of hydrogen-bond acceptors (Lipinski definition) is 10. The van der Waals surface area contributed by atoms with E-state index in [-0.39, 0.29) is 11.8 Å². The van der Waals surface area contributed by atoms with Gasteiger partial charge in [0.15, 0.2) is 0 Å². The summed E-state index contributed by atoms with van der Waals surface area (Å²) in [6.07, 6.45) is 5.11. The number of thioether (sulfide) groups is 2. The number of nitrogens with one attached hydrogen (secondary N) is 2. The van der Waals surface area contributed by atoms with E-state index in [9.17, 15) is 9.59 Å². The first-order chi connectivity index (χ1) is 23.1. The first-order valence-electron chi connectivity index (χ1n) is 16.7. The van der Waals surface area contributed by atoms with E-state index in [2.05, 4.69) is 61.6 Å². The first-order valence-corrected chi connectivity index (χ1v) is 18.8. The highest BCUT2D eigenvalue weighted by Gasteiger charge is 2.26. The molecule has 3 aliphatic rings. The van der Waals surface area contributed by atoms with Crippen molar-refractivity contribution in [3.63, 3.8) is 0 Å². The Kier molecular flexibility index (Phi) is 14.3. The lowest BCUT2D eigenvalue weighted by Gasteiger charge is -2.29. The molecule has 12 heteroatoms. The van der Waals surface area contributed by atoms with Crippen LogP contribution >= 0.6 is 23.5 Å². The number of morpholine rings is 2. The lowest BCUT2D eigenvalue weighted by molar-refractivity contribution is -0.120. The summed E-state index contributed by atoms with van der Waals surface area (Å²) >= 11 is 3.33. The fraction of sp³-hybridized carbons (Fsp3) is 0.543. The van der Waals surface area contributed by atoms with E-state index in [0.717, 1.165) is 105 Å². The zero-order chi connectivity index (χ0) is 32.7. The van der Waals surface area contributed by atoms with Crippen molar-refractivity contribution in [2.45, 2.75) is 38.5 Å². The molecule has 0 aromatic heterocycles. The van der Waals surface area contributed by atoms with Gasteiger partial charge in [0.1, 0.15) is 5.04 Å². The summed E-state index contributed by atoms with van der Waals surface area (Å²) in [4.78, 5) is 30.0. The smallest absolute Gasteiger partial charge is 0.225 e. The summed E-state index contributed by atoms with van der Waals surface area (Å²) in [5, 5.41) is 15.3. The highest BCUT2D eigenvalue weighted by molar-refractivity contribution is 8.13. The van der Waals surface area contributed by atoms with Crippen LogP contribution in [0.1, 0.15) is 36.8 Å². The maximum absolute atomic E-state index is 12.8. The van der Waals surface area contributed by atoms with Crippen LogP contribution in [0.3, 0.4) is 0 Å². The highest BCUT2D eigenvalue weighted by Crippen LogP contribution is 2.34. The zero-order valence-corrected chi connectivity index (χ0v) is 28.9. The minimum atomic E-state index is -0.00712. The SMILES string of the molecule is C=N/N=C(\SCNC(=O)Cc1cccc(N2CCOCC2)c1)[C@H]1CCCC(CSCNC(=O)Cc2cccc(N3CCOCC3)c2)C1. The van der Waals surface area contributed by atoms with Gasteiger partial charge in [0.25, 0.3) is 0 Å². The summed E-state index contributed by atoms with van der Waals surface area (Å²) in [5.74, 6) is 2.94. The summed E-state index contributed by atoms with van der Waals surface area (Å²) < 4.78 is 10.9. The van der Waals surface area contributed by atoms with Gasteiger partial charge in [-0.15, -0.1) is 16.9 Å². The van der Waals surface area contributed by atoms with Gasteiger partial charge in [0, 0.05) is 50.2 Å². The largest absolute Gasteiger partial charge is 0.378 e. The normalized spacial score (nSPS) is 20.5. The summed E-state index contributed by atoms with van der Waals surface area (Å²) in [5.41, 5.74) is 4.32. The topological polar surface area (TPSA) is 108 Å². The molecule has 2 aromatic rings. The number of anilines is 2. The molecule has 1 aliphatic carbocycles. The Hall–Kier alpha value is -3.06. The second-order valence-electron chi connectivity index (χ2n) is 12.2. The molecule has 5 rings (SSSR count). The highest BCUT2D eigenvalue weighted by atomic mass is 32.2. The summed E-state index contributed by atoms with van der Waals surface area (Å²) in [6, 6.07) is 16.5. The molecule has 2 amide bonds. The van der Waals surface area contributed by atoms with Crippen LogP contribution in [0.25, 0.3) is 0 Å². The zero-order valence-electron chi connectivity index (χ0n) is 27.2. The molecule has 10 nitrogen and oxygen atoms in total. The molecule has 0 bridgehead atoms. The van der Waals surface area contributed by atoms with Crippen LogP contribution in [0.5, 0.6) is 0 Å². The van der Waals surface area contributed by atoms with Crippen LogP contribution in [0, 0.1) is 11.8 Å². The van der Waals surface area contributed by atoms with E-state index in [1.54, 1.807) is 23.5 Å². The van der Waals surface area contributed by atoms with Gasteiger partial charge >= 0.3 is 0 Å². The molecule has 2 N–H and O–H groups in total. The van der Waals surface area contributed by atoms with Gasteiger partial charge in [-0.3, -0.25) is 9.59 Å². The van der Waals surface area contributed by atoms with Crippen molar-refractivity contribution in [3.05, 3.63) is 59.7 Å². The Bertz CT molecular complexity index is 1350. The minimum Gasteiger partial charge on any atom is -0.378 e. The standard InChI is InChI=1S/C35H48N6O4S2/c1-36-39-35(47-26-38-34(43)23-28-6-4-10-32(21-28)41-13-17-45-18-14-41)30-8-2-7-29(19-30)24-46-25-37-33(42)22-27-5-3-9-31(20-27)40-11-15-44-16-12-40/h3-6,9-10,20-21,29-30H,1-2,7-8,11-19,22-26H2,(H,37,42)(H,38,43)/b39-35-/t29?,30-/m0/s1. The monoisotopic (exact) mass is 680 g/mol. The Balaban J connectivity index is 0.996. The molecule has 2 saturated heterocycles. The molecule has 0 spiro atoms. The van der Waals surface area contributed by atoms with Crippen LogP contribution in [0.15, 0.2) is 58.7 Å². The fourth-order valence-electron chi connectivity index (χ4n) is 6.38. The van der Waals surface area contributed by atoms with Crippen molar-refractivity contribution < 1.29 is 19.1 Å². The van der Waals surface area contributed by atoms with Crippen molar-refractivity contribution in [1.29, 1.82) is 0 Å². The molecule has 0 radical (unpaired) electrons. The molecular weight excluding hydrogens is 633 g/mol. The Morgan fingerprint density at radius 3 is 1.98 bits per heavy atom. The number of ether oxygens (including phenoxy) is 2. The van der Waals surface area contributed by atoms with E-state index >= 15 is 0 Å². The average Bonchev–Trinajstić information content (AvgIpc) is 3.11. The Morgan fingerprint density at radius 1 is 0.830 bits per heavy atom. The first kappa shape index (κ1) is 35.3. The van der Waals surface area contributed by atoms with Crippen molar-refractivity contribution >= 4 is 58.5 Å². The molecular formula is C35H48N6O4S2. The van der Waals surface area contributed by atoms with Crippen LogP contribution in [0.4, 0.5) is 11.4 Å². The lowest BCUT2D eigenvalue weighted by Crippen LogP contribution is -2.36. The molecule has 47 heavy (non-hydrogen) atoms. The number of amides is 2. The van der Waals surface area contributed by atoms with Crippen LogP contribution in [-0.4, -0.2) is 93.7 Å². The van der Waals surface area contributed by atoms with Gasteiger partial charge in [-0.2, -0.15) is 5.10 Å². The summed E-state index contributed by atoms with van der Waals surface area (Å²) in [6.45, 7) is 10.0. The maximum atomic E-state index is 12.8. The third-order valence-electron chi connectivity index (χ3n) is 8.82. The van der Waals surface area contributed by atoms with E-state index < -0.39 is 0 Å². The average molecular weight is 681 g/mol. The second kappa shape index (κ2) is 19.1. The van der Waals surface area contributed by atoms with E-state index in [0.29, 0.717) is 36.4 Å². The predicted octanol–water partition coefficient (Wildman–Crippen LogP) is 4.58. The predicted molar refractivity (Wildman–Crippen MR) is 195 cm³/mol. The third-order valence-corrected chi connectivity index (χ3v) is 10.9. The number of nitrogens with zero attached hydrogens (tertiary/aromatic N) is 4. The second-order valence-corrected chi connectivity index (χ2v) is 14.2. The number of hydrogen-bond donors (Lipinski definition) is 2. The van der Waals surface area contributed by atoms with Gasteiger partial charge in [0.2, 0.25) is 11.8 Å². The van der Waals surface area contributed by atoms with Gasteiger partial charge in [-0.05, 0) is 66.3 Å². The van der Waals surface area contributed by atoms with E-state index in [4.69, 9.17) is 9.47 Å². The molecule has 2 heterocycles. The van der Waals surface area contributed by atoms with E-state index in [1.165, 1.54) is 6.42 Å². The quantitative estimate of drug-likeness (QED) is 0.0983. The van der Waals surface area contributed by atoms with Crippen LogP contribution < -0.4 is 20.4 Å². The van der Waals surface area contributed by atoms with Gasteiger partial charge < -0.3 is 29.9 Å². The van der Waals surface area contributed by atoms with Gasteiger partial charge in [-0.1, -0.05) is 42.4 Å². The molecule has 254 valence electrons. The van der Waals surface area contributed by atoms with Gasteiger partial charge in [0.05, 0.1) is 51.0 Å². The molecule has 2 atom stereocenters. The van der Waals surface area contributed by atoms with Gasteiger partial charge in [-0.25, -0.2) is 0 Å². The molecule has 1 unspecified atom stereocenters. The van der Waals surface area contributed by atoms with Crippen molar-refractivity contribution in [1.82, 2.24) is 10.6 Å². The number of carbonyl (C=O) groups is 2. The van der Waals surface area contributed by atoms with E-state index in [1.807, 2.05) is 24.3 Å².